The van der Waals surface area contributed by atoms with Gasteiger partial charge in [-0.05, 0) is 55.2 Å². The number of aliphatic hydroxyl groups excluding tert-OH is 1. The number of nitrogens with two attached hydrogens (primary N) is 1. The van der Waals surface area contributed by atoms with E-state index in [0.29, 0.717) is 30.5 Å². The van der Waals surface area contributed by atoms with Gasteiger partial charge in [-0.1, -0.05) is 18.2 Å². The molecule has 0 radical (unpaired) electrons. The highest BCUT2D eigenvalue weighted by Gasteiger charge is 2.37. The van der Waals surface area contributed by atoms with Gasteiger partial charge in [-0.15, -0.1) is 0 Å². The zero-order chi connectivity index (χ0) is 26.7. The van der Waals surface area contributed by atoms with Crippen LogP contribution in [0.3, 0.4) is 0 Å². The summed E-state index contributed by atoms with van der Waals surface area (Å²) in [5.74, 6) is -0.448. The van der Waals surface area contributed by atoms with E-state index in [2.05, 4.69) is 4.98 Å². The first kappa shape index (κ1) is 27.1. The van der Waals surface area contributed by atoms with Crippen molar-refractivity contribution in [2.45, 2.75) is 50.9 Å². The van der Waals surface area contributed by atoms with Gasteiger partial charge in [0.25, 0.3) is 5.91 Å². The Labute approximate surface area is 202 Å². The molecule has 0 unspecified atom stereocenters. The molecule has 1 heterocycles. The first-order chi connectivity index (χ1) is 16.8. The maximum atomic E-state index is 13.1. The van der Waals surface area contributed by atoms with E-state index in [0.717, 1.165) is 0 Å². The summed E-state index contributed by atoms with van der Waals surface area (Å²) < 4.78 is 85.9. The molecule has 0 bridgehead atoms. The number of alkyl halides is 6. The molecule has 0 aliphatic rings. The number of halogens is 6. The van der Waals surface area contributed by atoms with E-state index in [1.807, 2.05) is 0 Å². The Morgan fingerprint density at radius 1 is 1.08 bits per heavy atom. The van der Waals surface area contributed by atoms with E-state index in [-0.39, 0.29) is 23.1 Å². The number of hydrogen-bond acceptors (Lipinski definition) is 4. The Bertz CT molecular complexity index is 1170. The van der Waals surface area contributed by atoms with Crippen molar-refractivity contribution in [3.63, 3.8) is 0 Å². The minimum Gasteiger partial charge on any atom is -0.489 e. The standard InChI is InChI=1S/C24H23F6N3O3/c1-14(34)20(33-11-19(22(31)35)32-13-33)7-6-16-4-2-3-5-21(16)36-12-15-8-17(23(25,26)27)10-18(9-15)24(28,29)30/h2-5,8-11,13-14,20,34H,6-7,12H2,1H3,(H2,31,35)/t14-,20+/m0/s1. The molecule has 0 saturated carbocycles. The fourth-order valence-corrected chi connectivity index (χ4v) is 3.70. The lowest BCUT2D eigenvalue weighted by Gasteiger charge is -2.22. The van der Waals surface area contributed by atoms with Gasteiger partial charge in [0, 0.05) is 6.20 Å². The zero-order valence-electron chi connectivity index (χ0n) is 19.0. The molecule has 1 amide bonds. The van der Waals surface area contributed by atoms with Gasteiger partial charge in [0.15, 0.2) is 0 Å². The van der Waals surface area contributed by atoms with E-state index in [4.69, 9.17) is 10.5 Å². The van der Waals surface area contributed by atoms with Crippen LogP contribution < -0.4 is 10.5 Å². The van der Waals surface area contributed by atoms with Crippen molar-refractivity contribution in [1.29, 1.82) is 0 Å². The van der Waals surface area contributed by atoms with Crippen LogP contribution in [-0.2, 0) is 25.4 Å². The number of ether oxygens (including phenoxy) is 1. The van der Waals surface area contributed by atoms with Gasteiger partial charge in [0.1, 0.15) is 18.1 Å². The average Bonchev–Trinajstić information content (AvgIpc) is 3.27. The predicted octanol–water partition coefficient (Wildman–Crippen LogP) is 5.15. The molecule has 12 heteroatoms. The second-order valence-corrected chi connectivity index (χ2v) is 8.23. The maximum Gasteiger partial charge on any atom is 0.416 e. The van der Waals surface area contributed by atoms with Crippen LogP contribution in [0.4, 0.5) is 26.3 Å². The van der Waals surface area contributed by atoms with Crippen molar-refractivity contribution in [2.75, 3.05) is 0 Å². The SMILES string of the molecule is C[C@H](O)[C@@H](CCc1ccccc1OCc1cc(C(F)(F)F)cc(C(F)(F)F)c1)n1cnc(C(N)=O)c1. The van der Waals surface area contributed by atoms with Crippen LogP contribution in [-0.4, -0.2) is 26.7 Å². The molecular formula is C24H23F6N3O3. The fourth-order valence-electron chi connectivity index (χ4n) is 3.70. The molecule has 0 aliphatic heterocycles. The summed E-state index contributed by atoms with van der Waals surface area (Å²) >= 11 is 0. The summed E-state index contributed by atoms with van der Waals surface area (Å²) in [5.41, 5.74) is 2.75. The predicted molar refractivity (Wildman–Crippen MR) is 117 cm³/mol. The summed E-state index contributed by atoms with van der Waals surface area (Å²) in [6.45, 7) is 1.04. The number of aryl methyl sites for hydroxylation is 1. The summed E-state index contributed by atoms with van der Waals surface area (Å²) in [6.07, 6.45) is -7.27. The molecule has 194 valence electrons. The van der Waals surface area contributed by atoms with Gasteiger partial charge in [0.05, 0.1) is 29.6 Å². The number of benzene rings is 2. The van der Waals surface area contributed by atoms with Gasteiger partial charge in [-0.2, -0.15) is 26.3 Å². The third-order valence-corrected chi connectivity index (χ3v) is 5.52. The lowest BCUT2D eigenvalue weighted by molar-refractivity contribution is -0.143. The van der Waals surface area contributed by atoms with Crippen LogP contribution in [0.1, 0.15) is 52.1 Å². The van der Waals surface area contributed by atoms with Crippen molar-refractivity contribution < 1.29 is 41.0 Å². The van der Waals surface area contributed by atoms with Crippen LogP contribution in [0.15, 0.2) is 55.0 Å². The molecule has 2 atom stereocenters. The number of primary amides is 1. The van der Waals surface area contributed by atoms with Crippen molar-refractivity contribution in [1.82, 2.24) is 9.55 Å². The van der Waals surface area contributed by atoms with Gasteiger partial charge in [0.2, 0.25) is 0 Å². The summed E-state index contributed by atoms with van der Waals surface area (Å²) in [7, 11) is 0. The van der Waals surface area contributed by atoms with Crippen molar-refractivity contribution >= 4 is 5.91 Å². The molecule has 0 spiro atoms. The van der Waals surface area contributed by atoms with E-state index >= 15 is 0 Å². The molecular weight excluding hydrogens is 492 g/mol. The van der Waals surface area contributed by atoms with Gasteiger partial charge in [-0.3, -0.25) is 4.79 Å². The molecule has 3 N–H and O–H groups in total. The zero-order valence-corrected chi connectivity index (χ0v) is 19.0. The summed E-state index contributed by atoms with van der Waals surface area (Å²) in [4.78, 5) is 15.2. The Balaban J connectivity index is 1.78. The summed E-state index contributed by atoms with van der Waals surface area (Å²) in [6, 6.07) is 7.39. The van der Waals surface area contributed by atoms with E-state index < -0.39 is 48.1 Å². The molecule has 0 aliphatic carbocycles. The second-order valence-electron chi connectivity index (χ2n) is 8.23. The van der Waals surface area contributed by atoms with Gasteiger partial charge >= 0.3 is 12.4 Å². The number of para-hydroxylation sites is 1. The fraction of sp³-hybridized carbons (Fsp3) is 0.333. The minimum absolute atomic E-state index is 0.0312. The molecule has 0 saturated heterocycles. The Kier molecular flexibility index (Phi) is 7.97. The summed E-state index contributed by atoms with van der Waals surface area (Å²) in [5, 5.41) is 10.2. The number of carbonyl (C=O) groups is 1. The molecule has 1 aromatic heterocycles. The maximum absolute atomic E-state index is 13.1. The minimum atomic E-state index is -4.95. The largest absolute Gasteiger partial charge is 0.489 e. The number of nitrogens with zero attached hydrogens (tertiary/aromatic N) is 2. The van der Waals surface area contributed by atoms with Crippen LogP contribution in [0.5, 0.6) is 5.75 Å². The van der Waals surface area contributed by atoms with Crippen molar-refractivity contribution in [3.05, 3.63) is 82.9 Å². The van der Waals surface area contributed by atoms with E-state index in [1.54, 1.807) is 35.8 Å². The van der Waals surface area contributed by atoms with Crippen LogP contribution in [0.25, 0.3) is 0 Å². The number of rotatable bonds is 9. The quantitative estimate of drug-likeness (QED) is 0.386. The lowest BCUT2D eigenvalue weighted by atomic mass is 10.0. The second kappa shape index (κ2) is 10.6. The lowest BCUT2D eigenvalue weighted by Crippen LogP contribution is -2.21. The highest BCUT2D eigenvalue weighted by Crippen LogP contribution is 2.36. The first-order valence-electron chi connectivity index (χ1n) is 10.8. The molecule has 3 rings (SSSR count). The normalized spacial score (nSPS) is 13.9. The molecule has 6 nitrogen and oxygen atoms in total. The number of imidazole rings is 1. The number of aromatic nitrogens is 2. The molecule has 0 fully saturated rings. The Morgan fingerprint density at radius 2 is 1.69 bits per heavy atom. The topological polar surface area (TPSA) is 90.4 Å². The van der Waals surface area contributed by atoms with Gasteiger partial charge in [-0.25, -0.2) is 4.98 Å². The third-order valence-electron chi connectivity index (χ3n) is 5.52. The van der Waals surface area contributed by atoms with E-state index in [1.165, 1.54) is 12.5 Å². The highest BCUT2D eigenvalue weighted by atomic mass is 19.4. The molecule has 3 aromatic rings. The number of carbonyl (C=O) groups excluding carboxylic acids is 1. The van der Waals surface area contributed by atoms with Crippen molar-refractivity contribution in [3.8, 4) is 5.75 Å². The number of hydrogen-bond donors (Lipinski definition) is 2. The molecule has 2 aromatic carbocycles. The molecule has 36 heavy (non-hydrogen) atoms. The first-order valence-corrected chi connectivity index (χ1v) is 10.8. The number of amides is 1. The Hall–Kier alpha value is -3.54. The van der Waals surface area contributed by atoms with Crippen LogP contribution in [0, 0.1) is 0 Å². The highest BCUT2D eigenvalue weighted by molar-refractivity contribution is 5.90. The van der Waals surface area contributed by atoms with Gasteiger partial charge < -0.3 is 20.1 Å². The van der Waals surface area contributed by atoms with Crippen LogP contribution >= 0.6 is 0 Å². The third kappa shape index (κ3) is 6.78. The van der Waals surface area contributed by atoms with E-state index in [9.17, 15) is 36.2 Å². The monoisotopic (exact) mass is 515 g/mol. The average molecular weight is 515 g/mol. The number of aliphatic hydroxyl groups is 1. The van der Waals surface area contributed by atoms with Crippen LogP contribution in [0.2, 0.25) is 0 Å². The smallest absolute Gasteiger partial charge is 0.416 e. The Morgan fingerprint density at radius 3 is 2.22 bits per heavy atom. The van der Waals surface area contributed by atoms with Crippen molar-refractivity contribution in [2.24, 2.45) is 5.73 Å².